The summed E-state index contributed by atoms with van der Waals surface area (Å²) in [5.74, 6) is -0.0286. The Morgan fingerprint density at radius 3 is 2.46 bits per heavy atom. The summed E-state index contributed by atoms with van der Waals surface area (Å²) < 4.78 is 10.8. The van der Waals surface area contributed by atoms with Crippen molar-refractivity contribution < 1.29 is 19.1 Å². The van der Waals surface area contributed by atoms with E-state index >= 15 is 0 Å². The largest absolute Gasteiger partial charge is 0.493 e. The fraction of sp³-hybridized carbons (Fsp3) is 0.190. The number of rotatable bonds is 7. The van der Waals surface area contributed by atoms with Crippen LogP contribution in [0, 0.1) is 18.3 Å². The minimum absolute atomic E-state index is 0.0318. The number of hydrogen-bond acceptors (Lipinski definition) is 5. The topological polar surface area (TPSA) is 100 Å². The Bertz CT molecular complexity index is 928. The minimum atomic E-state index is -0.477. The second-order valence-corrected chi connectivity index (χ2v) is 5.86. The molecule has 0 radical (unpaired) electrons. The number of nitrogens with zero attached hydrogens (tertiary/aromatic N) is 1. The average Bonchev–Trinajstić information content (AvgIpc) is 2.71. The van der Waals surface area contributed by atoms with E-state index in [1.54, 1.807) is 18.2 Å². The smallest absolute Gasteiger partial charge is 0.262 e. The number of aryl methyl sites for hydroxylation is 1. The molecular weight excluding hydrogens is 358 g/mol. The molecule has 2 aromatic carbocycles. The average molecular weight is 379 g/mol. The summed E-state index contributed by atoms with van der Waals surface area (Å²) in [4.78, 5) is 23.7. The van der Waals surface area contributed by atoms with Crippen molar-refractivity contribution in [3.8, 4) is 17.6 Å². The van der Waals surface area contributed by atoms with E-state index in [2.05, 4.69) is 10.6 Å². The third-order valence-electron chi connectivity index (χ3n) is 3.78. The molecule has 0 heterocycles. The Labute approximate surface area is 163 Å². The SMILES string of the molecule is CNC(=O)C(C#N)=Cc1ccc(OCC(=O)Nc2ccc(C)cc2)c(OC)c1. The van der Waals surface area contributed by atoms with E-state index in [0.717, 1.165) is 5.56 Å². The van der Waals surface area contributed by atoms with Crippen molar-refractivity contribution >= 4 is 23.6 Å². The highest BCUT2D eigenvalue weighted by Gasteiger charge is 2.11. The molecule has 2 amide bonds. The van der Waals surface area contributed by atoms with E-state index in [1.165, 1.54) is 20.2 Å². The molecule has 7 heteroatoms. The number of methoxy groups -OCH3 is 1. The molecule has 0 saturated carbocycles. The van der Waals surface area contributed by atoms with Crippen LogP contribution in [0.25, 0.3) is 6.08 Å². The Balaban J connectivity index is 2.06. The summed E-state index contributed by atoms with van der Waals surface area (Å²) in [5, 5.41) is 14.2. The van der Waals surface area contributed by atoms with Crippen molar-refractivity contribution in [2.75, 3.05) is 26.1 Å². The molecule has 7 nitrogen and oxygen atoms in total. The van der Waals surface area contributed by atoms with Crippen LogP contribution in [0.4, 0.5) is 5.69 Å². The van der Waals surface area contributed by atoms with Gasteiger partial charge < -0.3 is 20.1 Å². The maximum absolute atomic E-state index is 12.1. The number of likely N-dealkylation sites (N-methyl/N-ethyl adjacent to an activating group) is 1. The van der Waals surface area contributed by atoms with Crippen molar-refractivity contribution in [2.24, 2.45) is 0 Å². The van der Waals surface area contributed by atoms with Crippen LogP contribution in [-0.4, -0.2) is 32.6 Å². The molecule has 0 aliphatic rings. The molecule has 0 fully saturated rings. The van der Waals surface area contributed by atoms with Gasteiger partial charge in [-0.05, 0) is 42.8 Å². The first-order valence-electron chi connectivity index (χ1n) is 8.48. The molecule has 0 spiro atoms. The van der Waals surface area contributed by atoms with E-state index in [-0.39, 0.29) is 18.1 Å². The third-order valence-corrected chi connectivity index (χ3v) is 3.78. The summed E-state index contributed by atoms with van der Waals surface area (Å²) in [5.41, 5.74) is 2.35. The highest BCUT2D eigenvalue weighted by molar-refractivity contribution is 6.01. The Hall–Kier alpha value is -3.79. The zero-order valence-corrected chi connectivity index (χ0v) is 15.9. The van der Waals surface area contributed by atoms with Gasteiger partial charge in [0, 0.05) is 12.7 Å². The van der Waals surface area contributed by atoms with E-state index < -0.39 is 5.91 Å². The number of anilines is 1. The van der Waals surface area contributed by atoms with Gasteiger partial charge in [0.2, 0.25) is 0 Å². The van der Waals surface area contributed by atoms with Gasteiger partial charge in [-0.15, -0.1) is 0 Å². The molecule has 2 aromatic rings. The van der Waals surface area contributed by atoms with Crippen LogP contribution in [0.3, 0.4) is 0 Å². The maximum Gasteiger partial charge on any atom is 0.262 e. The van der Waals surface area contributed by atoms with Crippen LogP contribution in [0.15, 0.2) is 48.0 Å². The molecule has 0 atom stereocenters. The summed E-state index contributed by atoms with van der Waals surface area (Å²) >= 11 is 0. The van der Waals surface area contributed by atoms with E-state index in [1.807, 2.05) is 37.3 Å². The van der Waals surface area contributed by atoms with Gasteiger partial charge in [-0.2, -0.15) is 5.26 Å². The van der Waals surface area contributed by atoms with E-state index in [9.17, 15) is 9.59 Å². The van der Waals surface area contributed by atoms with Gasteiger partial charge in [0.05, 0.1) is 7.11 Å². The lowest BCUT2D eigenvalue weighted by molar-refractivity contribution is -0.118. The van der Waals surface area contributed by atoms with Crippen molar-refractivity contribution in [3.05, 3.63) is 59.2 Å². The first kappa shape index (κ1) is 20.5. The Kier molecular flexibility index (Phi) is 7.17. The maximum atomic E-state index is 12.1. The quantitative estimate of drug-likeness (QED) is 0.569. The normalized spacial score (nSPS) is 10.6. The van der Waals surface area contributed by atoms with Gasteiger partial charge in [0.15, 0.2) is 18.1 Å². The van der Waals surface area contributed by atoms with Crippen molar-refractivity contribution in [3.63, 3.8) is 0 Å². The zero-order chi connectivity index (χ0) is 20.5. The van der Waals surface area contributed by atoms with Crippen LogP contribution >= 0.6 is 0 Å². The van der Waals surface area contributed by atoms with E-state index in [0.29, 0.717) is 22.7 Å². The lowest BCUT2D eigenvalue weighted by atomic mass is 10.1. The van der Waals surface area contributed by atoms with Crippen LogP contribution in [0.1, 0.15) is 11.1 Å². The van der Waals surface area contributed by atoms with Crippen molar-refractivity contribution in [1.82, 2.24) is 5.32 Å². The molecule has 28 heavy (non-hydrogen) atoms. The number of hydrogen-bond donors (Lipinski definition) is 2. The standard InChI is InChI=1S/C21H21N3O4/c1-14-4-7-17(8-5-14)24-20(25)13-28-18-9-6-15(11-19(18)27-3)10-16(12-22)21(26)23-2/h4-11H,13H2,1-3H3,(H,23,26)(H,24,25). The summed E-state index contributed by atoms with van der Waals surface area (Å²) in [7, 11) is 2.92. The highest BCUT2D eigenvalue weighted by Crippen LogP contribution is 2.29. The fourth-order valence-electron chi connectivity index (χ4n) is 2.32. The molecule has 0 aromatic heterocycles. The molecule has 0 unspecified atom stereocenters. The van der Waals surface area contributed by atoms with Crippen molar-refractivity contribution in [2.45, 2.75) is 6.92 Å². The van der Waals surface area contributed by atoms with Crippen molar-refractivity contribution in [1.29, 1.82) is 5.26 Å². The number of carbonyl (C=O) groups excluding carboxylic acids is 2. The molecule has 0 bridgehead atoms. The van der Waals surface area contributed by atoms with Gasteiger partial charge in [0.25, 0.3) is 11.8 Å². The van der Waals surface area contributed by atoms with Gasteiger partial charge in [-0.25, -0.2) is 0 Å². The Morgan fingerprint density at radius 1 is 1.14 bits per heavy atom. The number of nitrogens with one attached hydrogen (secondary N) is 2. The van der Waals surface area contributed by atoms with Gasteiger partial charge >= 0.3 is 0 Å². The summed E-state index contributed by atoms with van der Waals surface area (Å²) in [6.07, 6.45) is 1.44. The molecule has 0 aliphatic heterocycles. The number of amides is 2. The summed E-state index contributed by atoms with van der Waals surface area (Å²) in [6.45, 7) is 1.77. The number of nitriles is 1. The first-order valence-corrected chi connectivity index (χ1v) is 8.48. The molecular formula is C21H21N3O4. The van der Waals surface area contributed by atoms with E-state index in [4.69, 9.17) is 14.7 Å². The van der Waals surface area contributed by atoms with Gasteiger partial charge in [0.1, 0.15) is 11.6 Å². The molecule has 144 valence electrons. The molecule has 0 aliphatic carbocycles. The lowest BCUT2D eigenvalue weighted by Gasteiger charge is -2.12. The monoisotopic (exact) mass is 379 g/mol. The predicted molar refractivity (Wildman–Crippen MR) is 106 cm³/mol. The van der Waals surface area contributed by atoms with Crippen LogP contribution < -0.4 is 20.1 Å². The van der Waals surface area contributed by atoms with Crippen LogP contribution in [0.5, 0.6) is 11.5 Å². The van der Waals surface area contributed by atoms with Crippen LogP contribution in [-0.2, 0) is 9.59 Å². The zero-order valence-electron chi connectivity index (χ0n) is 15.9. The summed E-state index contributed by atoms with van der Waals surface area (Å²) in [6, 6.07) is 14.2. The number of carbonyl (C=O) groups is 2. The molecule has 0 saturated heterocycles. The number of benzene rings is 2. The van der Waals surface area contributed by atoms with Gasteiger partial charge in [-0.1, -0.05) is 23.8 Å². The van der Waals surface area contributed by atoms with Crippen LogP contribution in [0.2, 0.25) is 0 Å². The minimum Gasteiger partial charge on any atom is -0.493 e. The number of ether oxygens (including phenoxy) is 2. The fourth-order valence-corrected chi connectivity index (χ4v) is 2.32. The first-order chi connectivity index (χ1) is 13.5. The third kappa shape index (κ3) is 5.61. The molecule has 2 rings (SSSR count). The lowest BCUT2D eigenvalue weighted by Crippen LogP contribution is -2.20. The predicted octanol–water partition coefficient (Wildman–Crippen LogP) is 2.67. The van der Waals surface area contributed by atoms with Gasteiger partial charge in [-0.3, -0.25) is 9.59 Å². The molecule has 2 N–H and O–H groups in total. The second kappa shape index (κ2) is 9.78. The Morgan fingerprint density at radius 2 is 1.86 bits per heavy atom. The highest BCUT2D eigenvalue weighted by atomic mass is 16.5. The second-order valence-electron chi connectivity index (χ2n) is 5.86.